The molecule has 0 spiro atoms. The Kier molecular flexibility index (Phi) is 8.08. The van der Waals surface area contributed by atoms with E-state index in [1.54, 1.807) is 19.2 Å². The molecule has 2 rings (SSSR count). The lowest BCUT2D eigenvalue weighted by Crippen LogP contribution is -2.37. The molecule has 0 saturated heterocycles. The largest absolute Gasteiger partial charge is 0.466 e. The topological polar surface area (TPSA) is 49.6 Å². The second-order valence-corrected chi connectivity index (χ2v) is 5.17. The number of rotatable bonds is 5. The molecule has 126 valence electrons. The number of benzene rings is 1. The number of aliphatic imine (C=N–C) groups is 1. The Morgan fingerprint density at radius 3 is 2.61 bits per heavy atom. The molecule has 0 radical (unpaired) electrons. The van der Waals surface area contributed by atoms with E-state index in [0.717, 1.165) is 35.0 Å². The number of furan rings is 1. The number of nitrogens with one attached hydrogen (secondary N) is 2. The molecule has 0 aliphatic rings. The first-order valence-electron chi connectivity index (χ1n) is 7.33. The lowest BCUT2D eigenvalue weighted by molar-refractivity contribution is 0.500. The van der Waals surface area contributed by atoms with E-state index in [4.69, 9.17) is 4.42 Å². The molecule has 2 aromatic rings. The zero-order valence-corrected chi connectivity index (χ0v) is 16.0. The number of aryl methyl sites for hydroxylation is 2. The highest BCUT2D eigenvalue weighted by molar-refractivity contribution is 14.0. The van der Waals surface area contributed by atoms with E-state index in [2.05, 4.69) is 15.6 Å². The summed E-state index contributed by atoms with van der Waals surface area (Å²) in [6, 6.07) is 8.66. The standard InChI is InChI=1S/C17H22FN3O.HI/c1-12-9-15(13(2)22-12)11-21-17(19-3)20-8-7-14-5-4-6-16(18)10-14;/h4-6,9-10H,7-8,11H2,1-3H3,(H2,19,20,21);1H. The zero-order chi connectivity index (χ0) is 15.9. The molecule has 0 aliphatic heterocycles. The fraction of sp³-hybridized carbons (Fsp3) is 0.353. The minimum atomic E-state index is -0.203. The summed E-state index contributed by atoms with van der Waals surface area (Å²) >= 11 is 0. The maximum Gasteiger partial charge on any atom is 0.191 e. The van der Waals surface area contributed by atoms with Crippen LogP contribution in [0, 0.1) is 19.7 Å². The van der Waals surface area contributed by atoms with Crippen LogP contribution in [0.3, 0.4) is 0 Å². The van der Waals surface area contributed by atoms with E-state index in [1.807, 2.05) is 26.0 Å². The summed E-state index contributed by atoms with van der Waals surface area (Å²) in [6.07, 6.45) is 0.738. The molecule has 0 saturated carbocycles. The average molecular weight is 431 g/mol. The monoisotopic (exact) mass is 431 g/mol. The van der Waals surface area contributed by atoms with Gasteiger partial charge in [-0.1, -0.05) is 12.1 Å². The molecule has 0 fully saturated rings. The van der Waals surface area contributed by atoms with Crippen molar-refractivity contribution in [1.82, 2.24) is 10.6 Å². The van der Waals surface area contributed by atoms with Gasteiger partial charge in [-0.3, -0.25) is 4.99 Å². The average Bonchev–Trinajstić information content (AvgIpc) is 2.80. The van der Waals surface area contributed by atoms with Gasteiger partial charge >= 0.3 is 0 Å². The van der Waals surface area contributed by atoms with Crippen LogP contribution in [0.1, 0.15) is 22.6 Å². The first-order chi connectivity index (χ1) is 10.6. The summed E-state index contributed by atoms with van der Waals surface area (Å²) in [6.45, 7) is 5.22. The van der Waals surface area contributed by atoms with Crippen LogP contribution in [-0.4, -0.2) is 19.6 Å². The van der Waals surface area contributed by atoms with E-state index in [0.29, 0.717) is 13.1 Å². The van der Waals surface area contributed by atoms with E-state index < -0.39 is 0 Å². The van der Waals surface area contributed by atoms with Gasteiger partial charge in [-0.25, -0.2) is 4.39 Å². The molecule has 0 amide bonds. The fourth-order valence-corrected chi connectivity index (χ4v) is 2.28. The van der Waals surface area contributed by atoms with Crippen molar-refractivity contribution in [2.24, 2.45) is 4.99 Å². The highest BCUT2D eigenvalue weighted by Gasteiger charge is 2.05. The lowest BCUT2D eigenvalue weighted by atomic mass is 10.1. The number of halogens is 2. The maximum absolute atomic E-state index is 13.1. The van der Waals surface area contributed by atoms with Gasteiger partial charge in [-0.2, -0.15) is 0 Å². The maximum atomic E-state index is 13.1. The molecular formula is C17H23FIN3O. The van der Waals surface area contributed by atoms with Crippen LogP contribution in [-0.2, 0) is 13.0 Å². The van der Waals surface area contributed by atoms with Gasteiger partial charge in [-0.05, 0) is 44.0 Å². The van der Waals surface area contributed by atoms with Crippen LogP contribution in [0.5, 0.6) is 0 Å². The number of guanidine groups is 1. The number of hydrogen-bond acceptors (Lipinski definition) is 2. The smallest absolute Gasteiger partial charge is 0.191 e. The third kappa shape index (κ3) is 6.21. The van der Waals surface area contributed by atoms with Crippen LogP contribution in [0.25, 0.3) is 0 Å². The summed E-state index contributed by atoms with van der Waals surface area (Å²) in [5, 5.41) is 6.46. The van der Waals surface area contributed by atoms with E-state index in [-0.39, 0.29) is 29.8 Å². The Hall–Kier alpha value is -1.57. The lowest BCUT2D eigenvalue weighted by Gasteiger charge is -2.11. The highest BCUT2D eigenvalue weighted by Crippen LogP contribution is 2.12. The van der Waals surface area contributed by atoms with Crippen molar-refractivity contribution in [3.63, 3.8) is 0 Å². The van der Waals surface area contributed by atoms with Gasteiger partial charge in [0.1, 0.15) is 17.3 Å². The molecular weight excluding hydrogens is 408 g/mol. The predicted octanol–water partition coefficient (Wildman–Crippen LogP) is 3.56. The first kappa shape index (κ1) is 19.5. The van der Waals surface area contributed by atoms with Crippen molar-refractivity contribution in [2.75, 3.05) is 13.6 Å². The van der Waals surface area contributed by atoms with E-state index >= 15 is 0 Å². The molecule has 23 heavy (non-hydrogen) atoms. The van der Waals surface area contributed by atoms with Crippen molar-refractivity contribution in [1.29, 1.82) is 0 Å². The van der Waals surface area contributed by atoms with Crippen molar-refractivity contribution in [3.8, 4) is 0 Å². The van der Waals surface area contributed by atoms with E-state index in [1.165, 1.54) is 6.07 Å². The summed E-state index contributed by atoms with van der Waals surface area (Å²) < 4.78 is 18.6. The van der Waals surface area contributed by atoms with Crippen molar-refractivity contribution in [2.45, 2.75) is 26.8 Å². The molecule has 1 aromatic carbocycles. The predicted molar refractivity (Wildman–Crippen MR) is 102 cm³/mol. The second kappa shape index (κ2) is 9.54. The fourth-order valence-electron chi connectivity index (χ4n) is 2.28. The van der Waals surface area contributed by atoms with Crippen molar-refractivity contribution < 1.29 is 8.81 Å². The Labute approximate surface area is 153 Å². The van der Waals surface area contributed by atoms with Crippen LogP contribution in [0.2, 0.25) is 0 Å². The van der Waals surface area contributed by atoms with Crippen LogP contribution in [0.15, 0.2) is 39.7 Å². The molecule has 0 unspecified atom stereocenters. The van der Waals surface area contributed by atoms with Gasteiger partial charge in [0.15, 0.2) is 5.96 Å². The normalized spacial score (nSPS) is 11.0. The van der Waals surface area contributed by atoms with E-state index in [9.17, 15) is 4.39 Å². The SMILES string of the molecule is CN=C(NCCc1cccc(F)c1)NCc1cc(C)oc1C.I. The third-order valence-corrected chi connectivity index (χ3v) is 3.41. The Morgan fingerprint density at radius 2 is 2.00 bits per heavy atom. The Bertz CT molecular complexity index is 655. The highest BCUT2D eigenvalue weighted by atomic mass is 127. The van der Waals surface area contributed by atoms with Crippen LogP contribution < -0.4 is 10.6 Å². The molecule has 0 aliphatic carbocycles. The molecule has 2 N–H and O–H groups in total. The third-order valence-electron chi connectivity index (χ3n) is 3.41. The van der Waals surface area contributed by atoms with Gasteiger partial charge in [0.25, 0.3) is 0 Å². The molecule has 0 atom stereocenters. The summed E-state index contributed by atoms with van der Waals surface area (Å²) in [7, 11) is 1.73. The minimum Gasteiger partial charge on any atom is -0.466 e. The van der Waals surface area contributed by atoms with Gasteiger partial charge in [0.2, 0.25) is 0 Å². The molecule has 0 bridgehead atoms. The Balaban J connectivity index is 0.00000264. The second-order valence-electron chi connectivity index (χ2n) is 5.17. The quantitative estimate of drug-likeness (QED) is 0.433. The molecule has 6 heteroatoms. The van der Waals surface area contributed by atoms with Crippen molar-refractivity contribution >= 4 is 29.9 Å². The summed E-state index contributed by atoms with van der Waals surface area (Å²) in [5.74, 6) is 2.34. The Morgan fingerprint density at radius 1 is 1.22 bits per heavy atom. The van der Waals surface area contributed by atoms with Gasteiger partial charge in [0, 0.05) is 25.7 Å². The van der Waals surface area contributed by atoms with Gasteiger partial charge in [-0.15, -0.1) is 24.0 Å². The van der Waals surface area contributed by atoms with Crippen molar-refractivity contribution in [3.05, 3.63) is 58.8 Å². The van der Waals surface area contributed by atoms with Gasteiger partial charge < -0.3 is 15.1 Å². The zero-order valence-electron chi connectivity index (χ0n) is 13.6. The first-order valence-corrected chi connectivity index (χ1v) is 7.33. The van der Waals surface area contributed by atoms with Gasteiger partial charge in [0.05, 0.1) is 0 Å². The molecule has 1 heterocycles. The molecule has 4 nitrogen and oxygen atoms in total. The summed E-state index contributed by atoms with van der Waals surface area (Å²) in [4.78, 5) is 4.18. The number of hydrogen-bond donors (Lipinski definition) is 2. The minimum absolute atomic E-state index is 0. The summed E-state index contributed by atoms with van der Waals surface area (Å²) in [5.41, 5.74) is 2.08. The molecule has 1 aromatic heterocycles. The number of nitrogens with zero attached hydrogens (tertiary/aromatic N) is 1. The van der Waals surface area contributed by atoms with Crippen LogP contribution >= 0.6 is 24.0 Å². The van der Waals surface area contributed by atoms with Crippen LogP contribution in [0.4, 0.5) is 4.39 Å².